The van der Waals surface area contributed by atoms with Crippen LogP contribution in [0.5, 0.6) is 5.75 Å². The van der Waals surface area contributed by atoms with Crippen LogP contribution in [-0.2, 0) is 13.2 Å². The molecule has 0 aliphatic carbocycles. The highest BCUT2D eigenvalue weighted by atomic mass is 79.9. The Hall–Kier alpha value is -1.90. The van der Waals surface area contributed by atoms with Crippen LogP contribution in [0.4, 0.5) is 4.39 Å². The zero-order valence-corrected chi connectivity index (χ0v) is 12.0. The molecule has 0 saturated heterocycles. The van der Waals surface area contributed by atoms with Gasteiger partial charge in [0.1, 0.15) is 24.2 Å². The van der Waals surface area contributed by atoms with Gasteiger partial charge in [-0.15, -0.1) is 0 Å². The van der Waals surface area contributed by atoms with Crippen LogP contribution in [-0.4, -0.2) is 5.11 Å². The number of hydrogen-bond acceptors (Lipinski definition) is 3. The molecule has 20 heavy (non-hydrogen) atoms. The molecule has 0 unspecified atom stereocenters. The number of ether oxygens (including phenoxy) is 1. The normalized spacial score (nSPS) is 10.1. The molecule has 102 valence electrons. The van der Waals surface area contributed by atoms with E-state index in [9.17, 15) is 4.39 Å². The first-order chi connectivity index (χ1) is 9.63. The van der Waals surface area contributed by atoms with E-state index in [1.54, 1.807) is 30.3 Å². The van der Waals surface area contributed by atoms with Crippen LogP contribution in [0, 0.1) is 17.1 Å². The zero-order chi connectivity index (χ0) is 14.5. The van der Waals surface area contributed by atoms with E-state index in [0.29, 0.717) is 11.3 Å². The third kappa shape index (κ3) is 3.35. The Bertz CT molecular complexity index is 667. The van der Waals surface area contributed by atoms with E-state index < -0.39 is 5.82 Å². The van der Waals surface area contributed by atoms with Gasteiger partial charge >= 0.3 is 0 Å². The summed E-state index contributed by atoms with van der Waals surface area (Å²) in [6, 6.07) is 11.3. The first-order valence-corrected chi connectivity index (χ1v) is 6.64. The predicted molar refractivity (Wildman–Crippen MR) is 75.5 cm³/mol. The molecule has 1 N–H and O–H groups in total. The van der Waals surface area contributed by atoms with Crippen molar-refractivity contribution in [2.75, 3.05) is 0 Å². The second-order valence-corrected chi connectivity index (χ2v) is 4.99. The highest BCUT2D eigenvalue weighted by Crippen LogP contribution is 2.27. The Morgan fingerprint density at radius 3 is 2.60 bits per heavy atom. The number of nitriles is 1. The number of hydrogen-bond donors (Lipinski definition) is 1. The van der Waals surface area contributed by atoms with Gasteiger partial charge in [-0.2, -0.15) is 5.26 Å². The highest BCUT2D eigenvalue weighted by Gasteiger charge is 2.06. The van der Waals surface area contributed by atoms with Crippen molar-refractivity contribution >= 4 is 15.9 Å². The molecule has 2 rings (SSSR count). The molecule has 0 saturated carbocycles. The van der Waals surface area contributed by atoms with Gasteiger partial charge in [-0.3, -0.25) is 0 Å². The minimum Gasteiger partial charge on any atom is -0.488 e. The number of aliphatic hydroxyl groups is 1. The molecule has 3 nitrogen and oxygen atoms in total. The van der Waals surface area contributed by atoms with Crippen molar-refractivity contribution in [2.45, 2.75) is 13.2 Å². The summed E-state index contributed by atoms with van der Waals surface area (Å²) in [6.07, 6.45) is 0. The third-order valence-corrected chi connectivity index (χ3v) is 3.34. The Labute approximate surface area is 124 Å². The van der Waals surface area contributed by atoms with E-state index in [1.165, 1.54) is 12.1 Å². The standard InChI is InChI=1S/C15H11BrFNO2/c16-13-6-10(8-19)2-4-15(13)20-9-11-1-3-14(17)12(5-11)7-18/h1-6,19H,8-9H2. The quantitative estimate of drug-likeness (QED) is 0.929. The van der Waals surface area contributed by atoms with E-state index in [2.05, 4.69) is 15.9 Å². The van der Waals surface area contributed by atoms with Crippen molar-refractivity contribution in [3.05, 3.63) is 63.4 Å². The minimum atomic E-state index is -0.537. The number of rotatable bonds is 4. The summed E-state index contributed by atoms with van der Waals surface area (Å²) in [5, 5.41) is 17.8. The van der Waals surface area contributed by atoms with Crippen molar-refractivity contribution in [3.63, 3.8) is 0 Å². The largest absolute Gasteiger partial charge is 0.488 e. The van der Waals surface area contributed by atoms with Gasteiger partial charge in [-0.25, -0.2) is 4.39 Å². The average Bonchev–Trinajstić information content (AvgIpc) is 2.47. The molecule has 0 atom stereocenters. The fourth-order valence-corrected chi connectivity index (χ4v) is 2.21. The summed E-state index contributed by atoms with van der Waals surface area (Å²) in [5.74, 6) is 0.0785. The van der Waals surface area contributed by atoms with Crippen molar-refractivity contribution in [1.29, 1.82) is 5.26 Å². The third-order valence-electron chi connectivity index (χ3n) is 2.72. The zero-order valence-electron chi connectivity index (χ0n) is 10.4. The smallest absolute Gasteiger partial charge is 0.140 e. The van der Waals surface area contributed by atoms with E-state index in [1.807, 2.05) is 0 Å². The molecule has 0 radical (unpaired) electrons. The molecular formula is C15H11BrFNO2. The van der Waals surface area contributed by atoms with E-state index in [-0.39, 0.29) is 18.8 Å². The highest BCUT2D eigenvalue weighted by molar-refractivity contribution is 9.10. The number of aliphatic hydroxyl groups excluding tert-OH is 1. The van der Waals surface area contributed by atoms with Crippen LogP contribution in [0.25, 0.3) is 0 Å². The molecule has 0 heterocycles. The van der Waals surface area contributed by atoms with E-state index >= 15 is 0 Å². The van der Waals surface area contributed by atoms with Crippen LogP contribution < -0.4 is 4.74 Å². The first kappa shape index (κ1) is 14.5. The van der Waals surface area contributed by atoms with Gasteiger partial charge in [0, 0.05) is 0 Å². The summed E-state index contributed by atoms with van der Waals surface area (Å²) in [5.41, 5.74) is 1.49. The summed E-state index contributed by atoms with van der Waals surface area (Å²) < 4.78 is 19.5. The maximum absolute atomic E-state index is 13.2. The Kier molecular flexibility index (Phi) is 4.72. The number of halogens is 2. The molecule has 0 aromatic heterocycles. The van der Waals surface area contributed by atoms with E-state index in [4.69, 9.17) is 15.1 Å². The van der Waals surface area contributed by atoms with Gasteiger partial charge in [-0.05, 0) is 51.3 Å². The van der Waals surface area contributed by atoms with Crippen LogP contribution in [0.2, 0.25) is 0 Å². The molecular weight excluding hydrogens is 325 g/mol. The SMILES string of the molecule is N#Cc1cc(COc2ccc(CO)cc2Br)ccc1F. The van der Waals surface area contributed by atoms with E-state index in [0.717, 1.165) is 10.0 Å². The van der Waals surface area contributed by atoms with Gasteiger partial charge in [0.2, 0.25) is 0 Å². The second-order valence-electron chi connectivity index (χ2n) is 4.14. The summed E-state index contributed by atoms with van der Waals surface area (Å²) >= 11 is 3.35. The number of benzene rings is 2. The molecule has 0 aliphatic rings. The van der Waals surface area contributed by atoms with Gasteiger partial charge in [0.25, 0.3) is 0 Å². The lowest BCUT2D eigenvalue weighted by atomic mass is 10.1. The molecule has 0 spiro atoms. The Morgan fingerprint density at radius 2 is 1.95 bits per heavy atom. The fraction of sp³-hybridized carbons (Fsp3) is 0.133. The van der Waals surface area contributed by atoms with Gasteiger partial charge < -0.3 is 9.84 Å². The maximum Gasteiger partial charge on any atom is 0.140 e. The van der Waals surface area contributed by atoms with Crippen LogP contribution in [0.15, 0.2) is 40.9 Å². The van der Waals surface area contributed by atoms with Crippen molar-refractivity contribution in [1.82, 2.24) is 0 Å². The van der Waals surface area contributed by atoms with Crippen molar-refractivity contribution in [3.8, 4) is 11.8 Å². The molecule has 0 bridgehead atoms. The topological polar surface area (TPSA) is 53.2 Å². The lowest BCUT2D eigenvalue weighted by Gasteiger charge is -2.09. The lowest BCUT2D eigenvalue weighted by molar-refractivity contribution is 0.280. The van der Waals surface area contributed by atoms with Crippen LogP contribution in [0.3, 0.4) is 0 Å². The fourth-order valence-electron chi connectivity index (χ4n) is 1.67. The summed E-state index contributed by atoms with van der Waals surface area (Å²) in [4.78, 5) is 0. The molecule has 2 aromatic rings. The Morgan fingerprint density at radius 1 is 1.20 bits per heavy atom. The predicted octanol–water partition coefficient (Wildman–Crippen LogP) is 3.53. The van der Waals surface area contributed by atoms with Crippen LogP contribution >= 0.6 is 15.9 Å². The van der Waals surface area contributed by atoms with Crippen LogP contribution in [0.1, 0.15) is 16.7 Å². The maximum atomic E-state index is 13.2. The van der Waals surface area contributed by atoms with Gasteiger partial charge in [0.05, 0.1) is 16.6 Å². The minimum absolute atomic E-state index is 0.000735. The van der Waals surface area contributed by atoms with Crippen molar-refractivity contribution in [2.24, 2.45) is 0 Å². The summed E-state index contributed by atoms with van der Waals surface area (Å²) in [6.45, 7) is 0.189. The van der Waals surface area contributed by atoms with Gasteiger partial charge in [0.15, 0.2) is 0 Å². The molecule has 0 fully saturated rings. The summed E-state index contributed by atoms with van der Waals surface area (Å²) in [7, 11) is 0. The lowest BCUT2D eigenvalue weighted by Crippen LogP contribution is -1.98. The molecule has 0 aliphatic heterocycles. The van der Waals surface area contributed by atoms with Gasteiger partial charge in [-0.1, -0.05) is 12.1 Å². The molecule has 0 amide bonds. The average molecular weight is 336 g/mol. The van der Waals surface area contributed by atoms with Crippen molar-refractivity contribution < 1.29 is 14.2 Å². The number of nitrogens with zero attached hydrogens (tertiary/aromatic N) is 1. The Balaban J connectivity index is 2.11. The second kappa shape index (κ2) is 6.51. The molecule has 2 aromatic carbocycles. The first-order valence-electron chi connectivity index (χ1n) is 5.84. The molecule has 5 heteroatoms. The monoisotopic (exact) mass is 335 g/mol.